The first-order valence-electron chi connectivity index (χ1n) is 4.86. The van der Waals surface area contributed by atoms with Gasteiger partial charge < -0.3 is 9.72 Å². The molecule has 0 amide bonds. The minimum absolute atomic E-state index is 0.176. The molecule has 0 atom stereocenters. The van der Waals surface area contributed by atoms with Crippen LogP contribution in [-0.4, -0.2) is 26.7 Å². The third-order valence-corrected chi connectivity index (χ3v) is 1.91. The van der Waals surface area contributed by atoms with Crippen molar-refractivity contribution in [3.05, 3.63) is 34.4 Å². The predicted octanol–water partition coefficient (Wildman–Crippen LogP) is 0.588. The molecular formula is C10H11N3O3. The maximum absolute atomic E-state index is 11.5. The van der Waals surface area contributed by atoms with E-state index < -0.39 is 5.97 Å². The van der Waals surface area contributed by atoms with Crippen LogP contribution in [-0.2, 0) is 4.74 Å². The fraction of sp³-hybridized carbons (Fsp3) is 0.300. The van der Waals surface area contributed by atoms with Crippen LogP contribution >= 0.6 is 0 Å². The number of hydrogen-bond donors (Lipinski definition) is 1. The Balaban J connectivity index is 2.39. The Morgan fingerprint density at radius 1 is 1.56 bits per heavy atom. The van der Waals surface area contributed by atoms with E-state index in [0.29, 0.717) is 5.65 Å². The van der Waals surface area contributed by atoms with Gasteiger partial charge in [0.2, 0.25) is 0 Å². The van der Waals surface area contributed by atoms with Gasteiger partial charge in [-0.05, 0) is 13.8 Å². The molecule has 0 saturated carbocycles. The van der Waals surface area contributed by atoms with Crippen molar-refractivity contribution in [2.45, 2.75) is 20.0 Å². The Labute approximate surface area is 90.9 Å². The predicted molar refractivity (Wildman–Crippen MR) is 56.4 cm³/mol. The molecule has 6 heteroatoms. The molecule has 0 unspecified atom stereocenters. The molecule has 2 rings (SSSR count). The second-order valence-corrected chi connectivity index (χ2v) is 3.62. The van der Waals surface area contributed by atoms with Crippen LogP contribution in [0.2, 0.25) is 0 Å². The highest BCUT2D eigenvalue weighted by Crippen LogP contribution is 2.04. The number of nitrogens with zero attached hydrogens (tertiary/aromatic N) is 2. The van der Waals surface area contributed by atoms with Crippen LogP contribution < -0.4 is 5.56 Å². The third-order valence-electron chi connectivity index (χ3n) is 1.91. The summed E-state index contributed by atoms with van der Waals surface area (Å²) in [5, 5.41) is 3.98. The summed E-state index contributed by atoms with van der Waals surface area (Å²) in [5.74, 6) is -0.500. The van der Waals surface area contributed by atoms with Gasteiger partial charge in [0.25, 0.3) is 5.56 Å². The molecule has 0 bridgehead atoms. The summed E-state index contributed by atoms with van der Waals surface area (Å²) >= 11 is 0. The van der Waals surface area contributed by atoms with Crippen molar-refractivity contribution >= 4 is 11.6 Å². The number of rotatable bonds is 2. The first kappa shape index (κ1) is 10.4. The summed E-state index contributed by atoms with van der Waals surface area (Å²) in [6.07, 6.45) is 1.29. The topological polar surface area (TPSA) is 76.5 Å². The number of esters is 1. The van der Waals surface area contributed by atoms with E-state index in [9.17, 15) is 9.59 Å². The molecule has 0 spiro atoms. The molecule has 0 fully saturated rings. The molecule has 2 aromatic rings. The summed E-state index contributed by atoms with van der Waals surface area (Å²) < 4.78 is 6.40. The molecule has 0 aliphatic heterocycles. The summed E-state index contributed by atoms with van der Waals surface area (Å²) in [4.78, 5) is 25.1. The molecule has 0 radical (unpaired) electrons. The second kappa shape index (κ2) is 3.80. The number of ether oxygens (including phenoxy) is 1. The number of fused-ring (bicyclic) bond motifs is 1. The van der Waals surface area contributed by atoms with Gasteiger partial charge >= 0.3 is 5.97 Å². The Morgan fingerprint density at radius 3 is 3.00 bits per heavy atom. The Hall–Kier alpha value is -2.11. The molecule has 1 N–H and O–H groups in total. The number of H-pyrrole nitrogens is 1. The summed E-state index contributed by atoms with van der Waals surface area (Å²) in [6, 6.07) is 2.81. The van der Waals surface area contributed by atoms with Gasteiger partial charge in [-0.15, -0.1) is 0 Å². The molecule has 0 aliphatic carbocycles. The molecule has 0 aliphatic rings. The van der Waals surface area contributed by atoms with Crippen molar-refractivity contribution in [2.24, 2.45) is 0 Å². The molecule has 2 aromatic heterocycles. The fourth-order valence-corrected chi connectivity index (χ4v) is 1.28. The SMILES string of the molecule is CC(C)OC(=O)c1cc2[nH]c(=O)ccn2n1. The second-order valence-electron chi connectivity index (χ2n) is 3.62. The van der Waals surface area contributed by atoms with Gasteiger partial charge in [-0.25, -0.2) is 9.31 Å². The van der Waals surface area contributed by atoms with E-state index in [1.807, 2.05) is 0 Å². The van der Waals surface area contributed by atoms with Crippen molar-refractivity contribution in [3.8, 4) is 0 Å². The molecule has 84 valence electrons. The molecule has 0 aromatic carbocycles. The average Bonchev–Trinajstić information content (AvgIpc) is 2.59. The first-order chi connectivity index (χ1) is 7.56. The minimum Gasteiger partial charge on any atom is -0.458 e. The van der Waals surface area contributed by atoms with E-state index >= 15 is 0 Å². The summed E-state index contributed by atoms with van der Waals surface area (Å²) in [7, 11) is 0. The zero-order chi connectivity index (χ0) is 11.7. The van der Waals surface area contributed by atoms with E-state index in [2.05, 4.69) is 10.1 Å². The summed E-state index contributed by atoms with van der Waals surface area (Å²) in [5.41, 5.74) is 0.398. The molecule has 0 saturated heterocycles. The third kappa shape index (κ3) is 1.95. The summed E-state index contributed by atoms with van der Waals surface area (Å²) in [6.45, 7) is 3.52. The smallest absolute Gasteiger partial charge is 0.359 e. The van der Waals surface area contributed by atoms with Crippen LogP contribution in [0.25, 0.3) is 5.65 Å². The van der Waals surface area contributed by atoms with Crippen LogP contribution in [0, 0.1) is 0 Å². The van der Waals surface area contributed by atoms with Crippen molar-refractivity contribution in [1.29, 1.82) is 0 Å². The number of nitrogens with one attached hydrogen (secondary N) is 1. The maximum atomic E-state index is 11.5. The highest BCUT2D eigenvalue weighted by Gasteiger charge is 2.13. The van der Waals surface area contributed by atoms with Gasteiger partial charge in [-0.1, -0.05) is 0 Å². The van der Waals surface area contributed by atoms with Crippen LogP contribution in [0.15, 0.2) is 23.1 Å². The van der Waals surface area contributed by atoms with E-state index in [1.54, 1.807) is 13.8 Å². The Kier molecular flexibility index (Phi) is 2.47. The number of aromatic amines is 1. The van der Waals surface area contributed by atoms with Crippen LogP contribution in [0.4, 0.5) is 0 Å². The zero-order valence-corrected chi connectivity index (χ0v) is 8.93. The van der Waals surface area contributed by atoms with E-state index in [0.717, 1.165) is 0 Å². The highest BCUT2D eigenvalue weighted by atomic mass is 16.5. The van der Waals surface area contributed by atoms with Crippen LogP contribution in [0.5, 0.6) is 0 Å². The Bertz CT molecular complexity index is 582. The van der Waals surface area contributed by atoms with Crippen molar-refractivity contribution < 1.29 is 9.53 Å². The lowest BCUT2D eigenvalue weighted by molar-refractivity contribution is 0.0370. The number of carbonyl (C=O) groups excluding carboxylic acids is 1. The molecular weight excluding hydrogens is 210 g/mol. The van der Waals surface area contributed by atoms with Gasteiger partial charge in [0.05, 0.1) is 6.10 Å². The average molecular weight is 221 g/mol. The van der Waals surface area contributed by atoms with Crippen molar-refractivity contribution in [1.82, 2.24) is 14.6 Å². The van der Waals surface area contributed by atoms with Crippen LogP contribution in [0.1, 0.15) is 24.3 Å². The fourth-order valence-electron chi connectivity index (χ4n) is 1.28. The van der Waals surface area contributed by atoms with Gasteiger partial charge in [-0.3, -0.25) is 4.79 Å². The van der Waals surface area contributed by atoms with E-state index in [-0.39, 0.29) is 17.4 Å². The minimum atomic E-state index is -0.500. The zero-order valence-electron chi connectivity index (χ0n) is 8.93. The van der Waals surface area contributed by atoms with Gasteiger partial charge in [-0.2, -0.15) is 5.10 Å². The van der Waals surface area contributed by atoms with E-state index in [1.165, 1.54) is 22.8 Å². The number of hydrogen-bond acceptors (Lipinski definition) is 4. The van der Waals surface area contributed by atoms with Crippen LogP contribution in [0.3, 0.4) is 0 Å². The lowest BCUT2D eigenvalue weighted by Gasteiger charge is -2.04. The number of aromatic nitrogens is 3. The molecule has 16 heavy (non-hydrogen) atoms. The van der Waals surface area contributed by atoms with Crippen molar-refractivity contribution in [2.75, 3.05) is 0 Å². The Morgan fingerprint density at radius 2 is 2.31 bits per heavy atom. The lowest BCUT2D eigenvalue weighted by atomic mass is 10.4. The van der Waals surface area contributed by atoms with Crippen molar-refractivity contribution in [3.63, 3.8) is 0 Å². The monoisotopic (exact) mass is 221 g/mol. The highest BCUT2D eigenvalue weighted by molar-refractivity contribution is 5.88. The molecule has 6 nitrogen and oxygen atoms in total. The van der Waals surface area contributed by atoms with Gasteiger partial charge in [0.1, 0.15) is 5.65 Å². The standard InChI is InChI=1S/C10H11N3O3/c1-6(2)16-10(15)7-5-8-11-9(14)3-4-13(8)12-7/h3-6H,1-2H3,(H,11,14). The molecule has 2 heterocycles. The van der Waals surface area contributed by atoms with Gasteiger partial charge in [0.15, 0.2) is 5.69 Å². The first-order valence-corrected chi connectivity index (χ1v) is 4.86. The maximum Gasteiger partial charge on any atom is 0.359 e. The largest absolute Gasteiger partial charge is 0.458 e. The van der Waals surface area contributed by atoms with E-state index in [4.69, 9.17) is 4.74 Å². The lowest BCUT2D eigenvalue weighted by Crippen LogP contribution is -2.12. The normalized spacial score (nSPS) is 10.9. The van der Waals surface area contributed by atoms with Gasteiger partial charge in [0, 0.05) is 18.3 Å². The number of carbonyl (C=O) groups is 1. The quantitative estimate of drug-likeness (QED) is 0.753.